The summed E-state index contributed by atoms with van der Waals surface area (Å²) in [6.45, 7) is 4.22. The van der Waals surface area contributed by atoms with Crippen LogP contribution in [0.3, 0.4) is 0 Å². The number of nitrogens with zero attached hydrogens (tertiary/aromatic N) is 2. The molecule has 3 nitrogen and oxygen atoms in total. The van der Waals surface area contributed by atoms with E-state index in [-0.39, 0.29) is 6.61 Å². The first-order chi connectivity index (χ1) is 9.24. The van der Waals surface area contributed by atoms with E-state index < -0.39 is 0 Å². The third-order valence-electron chi connectivity index (χ3n) is 4.04. The Kier molecular flexibility index (Phi) is 4.95. The van der Waals surface area contributed by atoms with E-state index in [0.717, 1.165) is 25.1 Å². The van der Waals surface area contributed by atoms with Gasteiger partial charge in [0, 0.05) is 25.7 Å². The smallest absolute Gasteiger partial charge is 0.0991 e. The third-order valence-corrected chi connectivity index (χ3v) is 4.04. The molecule has 0 aliphatic heterocycles. The third kappa shape index (κ3) is 3.56. The van der Waals surface area contributed by atoms with Gasteiger partial charge in [0.25, 0.3) is 0 Å². The number of hydrogen-bond donors (Lipinski definition) is 1. The number of hydrogen-bond acceptors (Lipinski definition) is 3. The van der Waals surface area contributed by atoms with Crippen molar-refractivity contribution in [1.82, 2.24) is 4.90 Å². The van der Waals surface area contributed by atoms with Crippen molar-refractivity contribution in [2.45, 2.75) is 45.2 Å². The molecule has 1 fully saturated rings. The van der Waals surface area contributed by atoms with Gasteiger partial charge in [0.2, 0.25) is 0 Å². The predicted octanol–water partition coefficient (Wildman–Crippen LogP) is 2.60. The average Bonchev–Trinajstić information content (AvgIpc) is 2.36. The maximum absolute atomic E-state index is 9.01. The highest BCUT2D eigenvalue weighted by Crippen LogP contribution is 2.27. The molecule has 0 spiro atoms. The fourth-order valence-electron chi connectivity index (χ4n) is 2.58. The molecule has 3 heteroatoms. The first kappa shape index (κ1) is 14.0. The van der Waals surface area contributed by atoms with E-state index in [1.807, 2.05) is 12.1 Å². The normalized spacial score (nSPS) is 15.3. The number of rotatable bonds is 6. The molecular formula is C16H22N2O. The van der Waals surface area contributed by atoms with E-state index in [9.17, 15) is 0 Å². The van der Waals surface area contributed by atoms with Crippen molar-refractivity contribution in [2.24, 2.45) is 0 Å². The summed E-state index contributed by atoms with van der Waals surface area (Å²) < 4.78 is 0. The quantitative estimate of drug-likeness (QED) is 0.853. The zero-order valence-electron chi connectivity index (χ0n) is 11.6. The van der Waals surface area contributed by atoms with Crippen molar-refractivity contribution in [1.29, 1.82) is 5.26 Å². The fourth-order valence-corrected chi connectivity index (χ4v) is 2.58. The summed E-state index contributed by atoms with van der Waals surface area (Å²) >= 11 is 0. The number of aryl methyl sites for hydroxylation is 1. The first-order valence-corrected chi connectivity index (χ1v) is 7.09. The van der Waals surface area contributed by atoms with E-state index in [1.54, 1.807) is 0 Å². The Labute approximate surface area is 115 Å². The highest BCUT2D eigenvalue weighted by Gasteiger charge is 2.24. The first-order valence-electron chi connectivity index (χ1n) is 7.09. The van der Waals surface area contributed by atoms with E-state index >= 15 is 0 Å². The van der Waals surface area contributed by atoms with Crippen molar-refractivity contribution in [3.63, 3.8) is 0 Å². The molecular weight excluding hydrogens is 236 g/mol. The van der Waals surface area contributed by atoms with Crippen molar-refractivity contribution in [2.75, 3.05) is 13.2 Å². The molecule has 1 aromatic rings. The highest BCUT2D eigenvalue weighted by atomic mass is 16.3. The van der Waals surface area contributed by atoms with Crippen LogP contribution in [0.4, 0.5) is 0 Å². The molecule has 1 N–H and O–H groups in total. The highest BCUT2D eigenvalue weighted by molar-refractivity contribution is 5.37. The van der Waals surface area contributed by atoms with Gasteiger partial charge in [0.1, 0.15) is 0 Å². The molecule has 102 valence electrons. The molecule has 0 saturated heterocycles. The molecule has 2 rings (SSSR count). The van der Waals surface area contributed by atoms with Crippen LogP contribution >= 0.6 is 0 Å². The Morgan fingerprint density at radius 1 is 1.42 bits per heavy atom. The minimum Gasteiger partial charge on any atom is -0.396 e. The van der Waals surface area contributed by atoms with Gasteiger partial charge in [-0.1, -0.05) is 12.5 Å². The molecule has 1 saturated carbocycles. The van der Waals surface area contributed by atoms with Crippen LogP contribution in [0, 0.1) is 18.3 Å². The summed E-state index contributed by atoms with van der Waals surface area (Å²) in [7, 11) is 0. The van der Waals surface area contributed by atoms with Crippen LogP contribution < -0.4 is 0 Å². The van der Waals surface area contributed by atoms with Gasteiger partial charge in [-0.05, 0) is 49.4 Å². The molecule has 0 radical (unpaired) electrons. The van der Waals surface area contributed by atoms with Gasteiger partial charge in [0.05, 0.1) is 11.6 Å². The maximum atomic E-state index is 9.01. The number of aliphatic hydroxyl groups is 1. The summed E-state index contributed by atoms with van der Waals surface area (Å²) in [6.07, 6.45) is 4.72. The lowest BCUT2D eigenvalue weighted by atomic mass is 9.90. The second kappa shape index (κ2) is 6.70. The molecule has 1 aromatic carbocycles. The van der Waals surface area contributed by atoms with Crippen molar-refractivity contribution < 1.29 is 5.11 Å². The van der Waals surface area contributed by atoms with Crippen LogP contribution in [0.25, 0.3) is 0 Å². The van der Waals surface area contributed by atoms with Gasteiger partial charge in [-0.3, -0.25) is 4.90 Å². The Balaban J connectivity index is 2.05. The van der Waals surface area contributed by atoms with Crippen LogP contribution in [0.1, 0.15) is 42.4 Å². The van der Waals surface area contributed by atoms with Crippen LogP contribution in [0.15, 0.2) is 18.2 Å². The topological polar surface area (TPSA) is 47.3 Å². The largest absolute Gasteiger partial charge is 0.396 e. The molecule has 0 heterocycles. The van der Waals surface area contributed by atoms with Gasteiger partial charge in [-0.15, -0.1) is 0 Å². The summed E-state index contributed by atoms with van der Waals surface area (Å²) in [5.41, 5.74) is 3.21. The van der Waals surface area contributed by atoms with Gasteiger partial charge in [-0.2, -0.15) is 5.26 Å². The second-order valence-corrected chi connectivity index (χ2v) is 5.39. The van der Waals surface area contributed by atoms with Gasteiger partial charge < -0.3 is 5.11 Å². The maximum Gasteiger partial charge on any atom is 0.0991 e. The SMILES string of the molecule is Cc1cc(C#N)ccc1CN(CCCO)C1CCC1. The number of benzene rings is 1. The summed E-state index contributed by atoms with van der Waals surface area (Å²) in [5.74, 6) is 0. The van der Waals surface area contributed by atoms with E-state index in [0.29, 0.717) is 6.04 Å². The molecule has 0 atom stereocenters. The van der Waals surface area contributed by atoms with Crippen molar-refractivity contribution in [3.8, 4) is 6.07 Å². The zero-order chi connectivity index (χ0) is 13.7. The minimum atomic E-state index is 0.259. The van der Waals surface area contributed by atoms with E-state index in [2.05, 4.69) is 24.0 Å². The molecule has 0 bridgehead atoms. The summed E-state index contributed by atoms with van der Waals surface area (Å²) in [4.78, 5) is 2.48. The second-order valence-electron chi connectivity index (χ2n) is 5.39. The molecule has 0 unspecified atom stereocenters. The minimum absolute atomic E-state index is 0.259. The molecule has 19 heavy (non-hydrogen) atoms. The van der Waals surface area contributed by atoms with Crippen molar-refractivity contribution >= 4 is 0 Å². The molecule has 0 amide bonds. The fraction of sp³-hybridized carbons (Fsp3) is 0.562. The van der Waals surface area contributed by atoms with Crippen LogP contribution in [-0.2, 0) is 6.54 Å². The predicted molar refractivity (Wildman–Crippen MR) is 75.6 cm³/mol. The van der Waals surface area contributed by atoms with Crippen LogP contribution in [0.2, 0.25) is 0 Å². The molecule has 0 aromatic heterocycles. The number of nitriles is 1. The van der Waals surface area contributed by atoms with Crippen LogP contribution in [-0.4, -0.2) is 29.2 Å². The van der Waals surface area contributed by atoms with E-state index in [4.69, 9.17) is 10.4 Å². The zero-order valence-corrected chi connectivity index (χ0v) is 11.6. The lowest BCUT2D eigenvalue weighted by Crippen LogP contribution is -2.40. The van der Waals surface area contributed by atoms with E-state index in [1.165, 1.54) is 30.4 Å². The van der Waals surface area contributed by atoms with Gasteiger partial charge in [0.15, 0.2) is 0 Å². The lowest BCUT2D eigenvalue weighted by molar-refractivity contribution is 0.109. The Bertz CT molecular complexity index is 460. The van der Waals surface area contributed by atoms with Gasteiger partial charge >= 0.3 is 0 Å². The Morgan fingerprint density at radius 2 is 2.21 bits per heavy atom. The monoisotopic (exact) mass is 258 g/mol. The Hall–Kier alpha value is -1.37. The van der Waals surface area contributed by atoms with Gasteiger partial charge in [-0.25, -0.2) is 0 Å². The molecule has 1 aliphatic carbocycles. The summed E-state index contributed by atoms with van der Waals surface area (Å²) in [5, 5.41) is 17.9. The molecule has 1 aliphatic rings. The van der Waals surface area contributed by atoms with Crippen molar-refractivity contribution in [3.05, 3.63) is 34.9 Å². The lowest BCUT2D eigenvalue weighted by Gasteiger charge is -2.38. The Morgan fingerprint density at radius 3 is 2.74 bits per heavy atom. The number of aliphatic hydroxyl groups excluding tert-OH is 1. The summed E-state index contributed by atoms with van der Waals surface area (Å²) in [6, 6.07) is 8.79. The standard InChI is InChI=1S/C16H22N2O/c1-13-10-14(11-17)6-7-15(13)12-18(8-3-9-19)16-4-2-5-16/h6-7,10,16,19H,2-5,8-9,12H2,1H3. The average molecular weight is 258 g/mol. The van der Waals surface area contributed by atoms with Crippen LogP contribution in [0.5, 0.6) is 0 Å².